The predicted octanol–water partition coefficient (Wildman–Crippen LogP) is 0.904. The second-order valence-electron chi connectivity index (χ2n) is 16.4. The number of carboxylic acid groups (broad SMARTS) is 1. The van der Waals surface area contributed by atoms with E-state index in [4.69, 9.17) is 9.84 Å². The molecule has 0 aromatic heterocycles. The van der Waals surface area contributed by atoms with E-state index < -0.39 is 59.3 Å². The van der Waals surface area contributed by atoms with Crippen LogP contribution in [0.5, 0.6) is 0 Å². The quantitative estimate of drug-likeness (QED) is 0.0702. The van der Waals surface area contributed by atoms with Crippen LogP contribution < -0.4 is 31.9 Å². The topological polar surface area (TPSA) is 310 Å². The third-order valence-electron chi connectivity index (χ3n) is 8.72. The number of nitrogens with one attached hydrogen (secondary N) is 6. The number of ketones is 1. The van der Waals surface area contributed by atoms with E-state index in [1.807, 2.05) is 67.3 Å². The van der Waals surface area contributed by atoms with E-state index in [2.05, 4.69) is 52.7 Å². The Labute approximate surface area is 376 Å². The smallest absolute Gasteiger partial charge is 0.303 e. The molecule has 1 saturated heterocycles. The highest BCUT2D eigenvalue weighted by Gasteiger charge is 2.31. The van der Waals surface area contributed by atoms with Crippen LogP contribution in [0.2, 0.25) is 0 Å². The van der Waals surface area contributed by atoms with E-state index in [0.29, 0.717) is 32.2 Å². The van der Waals surface area contributed by atoms with Gasteiger partial charge in [0, 0.05) is 37.8 Å². The number of aldehydes is 1. The molecule has 1 aliphatic rings. The van der Waals surface area contributed by atoms with Crippen LogP contribution in [0.1, 0.15) is 129 Å². The molecule has 20 heteroatoms. The maximum Gasteiger partial charge on any atom is 0.303 e. The summed E-state index contributed by atoms with van der Waals surface area (Å²) in [6, 6.07) is -1.59. The predicted molar refractivity (Wildman–Crippen MR) is 242 cm³/mol. The molecule has 10 N–H and O–H groups in total. The normalized spacial score (nSPS) is 14.4. The van der Waals surface area contributed by atoms with Crippen LogP contribution in [0.3, 0.4) is 0 Å². The van der Waals surface area contributed by atoms with E-state index in [1.165, 1.54) is 14.0 Å². The molecule has 0 aromatic rings. The molecule has 1 heterocycles. The molecular formula is C43H85N7O13. The molecule has 0 bridgehead atoms. The molecular weight excluding hydrogens is 823 g/mol. The Balaban J connectivity index is -0.000000290. The van der Waals surface area contributed by atoms with Gasteiger partial charge in [0.15, 0.2) is 0 Å². The first kappa shape index (κ1) is 67.5. The number of aliphatic hydroxyl groups excluding tert-OH is 1. The third-order valence-corrected chi connectivity index (χ3v) is 8.72. The fourth-order valence-electron chi connectivity index (χ4n) is 4.71. The van der Waals surface area contributed by atoms with Gasteiger partial charge in [0.1, 0.15) is 18.1 Å². The summed E-state index contributed by atoms with van der Waals surface area (Å²) in [6.45, 7) is 25.0. The Bertz CT molecular complexity index is 1360. The van der Waals surface area contributed by atoms with Gasteiger partial charge in [-0.25, -0.2) is 0 Å². The third kappa shape index (κ3) is 36.6. The summed E-state index contributed by atoms with van der Waals surface area (Å²) in [5.41, 5.74) is -1.14. The van der Waals surface area contributed by atoms with Crippen LogP contribution >= 0.6 is 0 Å². The number of likely N-dealkylation sites (N-methyl/N-ethyl adjacent to an activating group) is 2. The fourth-order valence-corrected chi connectivity index (χ4v) is 4.71. The van der Waals surface area contributed by atoms with E-state index in [9.17, 15) is 48.3 Å². The molecule has 6 amide bonds. The summed E-state index contributed by atoms with van der Waals surface area (Å²) in [7, 11) is 3.25. The van der Waals surface area contributed by atoms with E-state index >= 15 is 0 Å². The van der Waals surface area contributed by atoms with Crippen molar-refractivity contribution in [1.29, 1.82) is 0 Å². The number of likely N-dealkylation sites (tertiary alicyclic amines) is 1. The van der Waals surface area contributed by atoms with Crippen LogP contribution in [0.4, 0.5) is 0 Å². The van der Waals surface area contributed by atoms with Crippen molar-refractivity contribution in [2.75, 3.05) is 53.4 Å². The van der Waals surface area contributed by atoms with Crippen molar-refractivity contribution < 1.29 is 63.6 Å². The Hall–Kier alpha value is -4.53. The molecule has 1 rings (SSSR count). The number of aliphatic carboxylic acids is 1. The first-order valence-corrected chi connectivity index (χ1v) is 21.5. The maximum atomic E-state index is 12.2. The van der Waals surface area contributed by atoms with Gasteiger partial charge in [0.25, 0.3) is 0 Å². The van der Waals surface area contributed by atoms with Gasteiger partial charge < -0.3 is 57.1 Å². The SMILES string of the molecule is CC.CC(C)C.CCC(=O)O.CCC(C)C(=O)CC(C)(C)OCCC(C)(C)C(=O)NCC=O.CNC(=O)CNC(=O)CNC(=O)C(NC(=O)CNC(=O)C1CCCN1C)C(C)O.O. The highest BCUT2D eigenvalue weighted by atomic mass is 16.5. The Morgan fingerprint density at radius 2 is 1.35 bits per heavy atom. The van der Waals surface area contributed by atoms with Crippen LogP contribution in [0, 0.1) is 17.3 Å². The first-order chi connectivity index (χ1) is 28.7. The summed E-state index contributed by atoms with van der Waals surface area (Å²) < 4.78 is 5.81. The molecule has 63 heavy (non-hydrogen) atoms. The van der Waals surface area contributed by atoms with Crippen LogP contribution in [-0.4, -0.2) is 151 Å². The molecule has 0 aromatic carbocycles. The highest BCUT2D eigenvalue weighted by Crippen LogP contribution is 2.24. The summed E-state index contributed by atoms with van der Waals surface area (Å²) in [6.07, 6.45) is 3.00. The number of Topliss-reactive ketones (excluding diaryl/α,β-unsaturated/α-hetero) is 1. The number of ether oxygens (including phenoxy) is 1. The molecule has 4 unspecified atom stereocenters. The monoisotopic (exact) mass is 908 g/mol. The summed E-state index contributed by atoms with van der Waals surface area (Å²) in [4.78, 5) is 104. The number of hydrogen-bond acceptors (Lipinski definition) is 12. The number of carboxylic acids is 1. The number of rotatable bonds is 22. The lowest BCUT2D eigenvalue weighted by atomic mass is 9.88. The van der Waals surface area contributed by atoms with Crippen molar-refractivity contribution >= 4 is 53.5 Å². The lowest BCUT2D eigenvalue weighted by molar-refractivity contribution is -0.136. The van der Waals surface area contributed by atoms with E-state index in [0.717, 1.165) is 25.3 Å². The van der Waals surface area contributed by atoms with Gasteiger partial charge in [0.2, 0.25) is 35.4 Å². The van der Waals surface area contributed by atoms with Crippen molar-refractivity contribution in [1.82, 2.24) is 36.8 Å². The van der Waals surface area contributed by atoms with Gasteiger partial charge >= 0.3 is 5.97 Å². The lowest BCUT2D eigenvalue weighted by Gasteiger charge is -2.29. The second kappa shape index (κ2) is 38.0. The van der Waals surface area contributed by atoms with Gasteiger partial charge in [-0.3, -0.25) is 43.3 Å². The molecule has 0 spiro atoms. The van der Waals surface area contributed by atoms with Crippen molar-refractivity contribution in [3.8, 4) is 0 Å². The van der Waals surface area contributed by atoms with Gasteiger partial charge in [-0.15, -0.1) is 0 Å². The number of carbonyl (C=O) groups excluding carboxylic acids is 8. The summed E-state index contributed by atoms with van der Waals surface area (Å²) >= 11 is 0. The van der Waals surface area contributed by atoms with Gasteiger partial charge in [-0.2, -0.15) is 0 Å². The summed E-state index contributed by atoms with van der Waals surface area (Å²) in [5.74, 6) is -2.53. The van der Waals surface area contributed by atoms with E-state index in [1.54, 1.807) is 6.92 Å². The minimum atomic E-state index is -1.31. The lowest BCUT2D eigenvalue weighted by Crippen LogP contribution is -2.56. The highest BCUT2D eigenvalue weighted by molar-refractivity contribution is 5.93. The number of hydrogen-bond donors (Lipinski definition) is 8. The number of amides is 6. The summed E-state index contributed by atoms with van der Waals surface area (Å²) in [5, 5.41) is 31.8. The largest absolute Gasteiger partial charge is 0.481 e. The first-order valence-electron chi connectivity index (χ1n) is 21.5. The Morgan fingerprint density at radius 1 is 0.841 bits per heavy atom. The molecule has 1 aliphatic heterocycles. The molecule has 4 atom stereocenters. The molecule has 1 fully saturated rings. The van der Waals surface area contributed by atoms with Crippen LogP contribution in [-0.2, 0) is 47.9 Å². The minimum Gasteiger partial charge on any atom is -0.481 e. The average Bonchev–Trinajstić information content (AvgIpc) is 3.64. The van der Waals surface area contributed by atoms with Crippen molar-refractivity contribution in [2.45, 2.75) is 152 Å². The zero-order valence-corrected chi connectivity index (χ0v) is 40.9. The van der Waals surface area contributed by atoms with Crippen LogP contribution in [0.25, 0.3) is 0 Å². The molecule has 20 nitrogen and oxygen atoms in total. The number of aliphatic hydroxyl groups is 1. The zero-order chi connectivity index (χ0) is 49.2. The van der Waals surface area contributed by atoms with Gasteiger partial charge in [-0.05, 0) is 66.0 Å². The maximum absolute atomic E-state index is 12.2. The standard InChI is InChI=1S/C17H30N6O6.C17H31NO4.C4H10.C3H6O2.C2H6.H2O/c1-10(24)15(17(29)21-8-13(26)19-7-12(25)18-2)22-14(27)9-20-16(28)11-5-4-6-23(11)3;1-7-13(2)14(20)12-17(5,6)22-11-8-16(3,4)15(21)18-9-10-19;1-4(2)3;1-2-3(4)5;1-2;/h10-11,15,24H,4-9H2,1-3H3,(H,18,25)(H,19,26)(H,20,28)(H,21,29)(H,22,27);10,13H,7-9,11-12H2,1-6H3,(H,18,21);4H,1-3H3;2H2,1H3,(H,4,5);1-2H3;1H2. The van der Waals surface area contributed by atoms with Gasteiger partial charge in [-0.1, -0.05) is 69.2 Å². The van der Waals surface area contributed by atoms with Gasteiger partial charge in [0.05, 0.1) is 43.9 Å². The van der Waals surface area contributed by atoms with Crippen molar-refractivity contribution in [3.63, 3.8) is 0 Å². The molecule has 0 aliphatic carbocycles. The van der Waals surface area contributed by atoms with E-state index in [-0.39, 0.29) is 61.1 Å². The number of nitrogens with zero attached hydrogens (tertiary/aromatic N) is 1. The number of carbonyl (C=O) groups is 9. The zero-order valence-electron chi connectivity index (χ0n) is 40.9. The average molecular weight is 908 g/mol. The fraction of sp³-hybridized carbons (Fsp3) is 0.791. The van der Waals surface area contributed by atoms with Crippen LogP contribution in [0.15, 0.2) is 0 Å². The Kier molecular flexibility index (Phi) is 40.7. The molecule has 0 radical (unpaired) electrons. The minimum absolute atomic E-state index is 0. The van der Waals surface area contributed by atoms with Crippen molar-refractivity contribution in [2.24, 2.45) is 17.3 Å². The van der Waals surface area contributed by atoms with Crippen molar-refractivity contribution in [3.05, 3.63) is 0 Å². The molecule has 0 saturated carbocycles. The Morgan fingerprint density at radius 3 is 1.78 bits per heavy atom. The second-order valence-corrected chi connectivity index (χ2v) is 16.4. The molecule has 370 valence electrons.